The van der Waals surface area contributed by atoms with E-state index in [0.29, 0.717) is 0 Å². The fourth-order valence-electron chi connectivity index (χ4n) is 3.18. The molecule has 2 aromatic rings. The smallest absolute Gasteiger partial charge is 0.246 e. The van der Waals surface area contributed by atoms with Gasteiger partial charge in [-0.3, -0.25) is 4.79 Å². The summed E-state index contributed by atoms with van der Waals surface area (Å²) >= 11 is 4.71. The quantitative estimate of drug-likeness (QED) is 0.536. The number of likely N-dealkylation sites (tertiary alicyclic amines) is 1. The first-order valence-corrected chi connectivity index (χ1v) is 7.20. The van der Waals surface area contributed by atoms with Crippen molar-refractivity contribution in [2.45, 2.75) is 10.5 Å². The van der Waals surface area contributed by atoms with Crippen molar-refractivity contribution in [2.75, 3.05) is 14.2 Å². The lowest BCUT2D eigenvalue weighted by molar-refractivity contribution is -0.195. The molecular weight excluding hydrogens is 282 g/mol. The zero-order valence-electron chi connectivity index (χ0n) is 12.0. The van der Waals surface area contributed by atoms with E-state index < -0.39 is 10.5 Å². The van der Waals surface area contributed by atoms with Crippen LogP contribution in [-0.2, 0) is 14.9 Å². The molecule has 1 atom stereocenters. The molecule has 108 valence electrons. The Hall–Kier alpha value is -1.78. The molecular formula is C17H17NO2S. The Morgan fingerprint density at radius 3 is 1.76 bits per heavy atom. The number of likely N-dealkylation sites (N-methyl/N-ethyl adjacent to an activating group) is 1. The maximum atomic E-state index is 12.9. The van der Waals surface area contributed by atoms with Crippen LogP contribution in [0, 0.1) is 0 Å². The SMILES string of the molecule is COC1(S)N(C)C(=O)C1(c1ccccc1)c1ccccc1. The van der Waals surface area contributed by atoms with Gasteiger partial charge in [-0.05, 0) is 11.1 Å². The van der Waals surface area contributed by atoms with Gasteiger partial charge in [-0.1, -0.05) is 60.7 Å². The van der Waals surface area contributed by atoms with Gasteiger partial charge >= 0.3 is 0 Å². The molecule has 0 bridgehead atoms. The molecule has 1 amide bonds. The zero-order chi connectivity index (χ0) is 15.1. The second kappa shape index (κ2) is 4.90. The van der Waals surface area contributed by atoms with Crippen LogP contribution < -0.4 is 0 Å². The molecule has 21 heavy (non-hydrogen) atoms. The van der Waals surface area contributed by atoms with Gasteiger partial charge in [0.05, 0.1) is 0 Å². The summed E-state index contributed by atoms with van der Waals surface area (Å²) in [7, 11) is 3.29. The average Bonchev–Trinajstić information content (AvgIpc) is 2.56. The Balaban J connectivity index is 2.30. The van der Waals surface area contributed by atoms with Crippen molar-refractivity contribution in [3.05, 3.63) is 71.8 Å². The largest absolute Gasteiger partial charge is 0.348 e. The van der Waals surface area contributed by atoms with Crippen LogP contribution in [0.2, 0.25) is 0 Å². The number of rotatable bonds is 3. The summed E-state index contributed by atoms with van der Waals surface area (Å²) in [6.07, 6.45) is 0. The third-order valence-corrected chi connectivity index (χ3v) is 5.08. The van der Waals surface area contributed by atoms with Crippen LogP contribution >= 0.6 is 12.6 Å². The number of ether oxygens (including phenoxy) is 1. The molecule has 1 heterocycles. The third-order valence-electron chi connectivity index (χ3n) is 4.27. The normalized spacial score (nSPS) is 23.8. The van der Waals surface area contributed by atoms with Gasteiger partial charge in [0.25, 0.3) is 0 Å². The predicted molar refractivity (Wildman–Crippen MR) is 85.2 cm³/mol. The van der Waals surface area contributed by atoms with Crippen molar-refractivity contribution in [3.8, 4) is 0 Å². The number of benzene rings is 2. The lowest BCUT2D eigenvalue weighted by atomic mass is 9.65. The zero-order valence-corrected chi connectivity index (χ0v) is 12.9. The molecule has 0 saturated carbocycles. The van der Waals surface area contributed by atoms with Gasteiger partial charge < -0.3 is 9.64 Å². The summed E-state index contributed by atoms with van der Waals surface area (Å²) in [5.41, 5.74) is 0.842. The van der Waals surface area contributed by atoms with Crippen LogP contribution in [0.15, 0.2) is 60.7 Å². The lowest BCUT2D eigenvalue weighted by Crippen LogP contribution is -2.77. The Bertz CT molecular complexity index is 620. The first-order valence-electron chi connectivity index (χ1n) is 6.76. The van der Waals surface area contributed by atoms with E-state index in [1.807, 2.05) is 60.7 Å². The van der Waals surface area contributed by atoms with E-state index >= 15 is 0 Å². The highest BCUT2D eigenvalue weighted by molar-refractivity contribution is 7.81. The molecule has 1 saturated heterocycles. The van der Waals surface area contributed by atoms with Crippen molar-refractivity contribution in [1.29, 1.82) is 0 Å². The minimum absolute atomic E-state index is 0.0169. The van der Waals surface area contributed by atoms with Gasteiger partial charge in [0.2, 0.25) is 11.0 Å². The van der Waals surface area contributed by atoms with Gasteiger partial charge in [-0.25, -0.2) is 0 Å². The van der Waals surface area contributed by atoms with E-state index in [4.69, 9.17) is 17.4 Å². The lowest BCUT2D eigenvalue weighted by Gasteiger charge is -2.60. The van der Waals surface area contributed by atoms with Crippen LogP contribution in [0.1, 0.15) is 11.1 Å². The molecule has 3 nitrogen and oxygen atoms in total. The molecule has 0 aromatic heterocycles. The van der Waals surface area contributed by atoms with Crippen molar-refractivity contribution < 1.29 is 9.53 Å². The molecule has 2 aromatic carbocycles. The van der Waals surface area contributed by atoms with Crippen LogP contribution in [-0.4, -0.2) is 30.0 Å². The fourth-order valence-corrected chi connectivity index (χ4v) is 3.63. The molecule has 3 rings (SSSR count). The average molecular weight is 299 g/mol. The summed E-state index contributed by atoms with van der Waals surface area (Å²) in [5.74, 6) is -0.0169. The Kier molecular flexibility index (Phi) is 3.30. The molecule has 0 spiro atoms. The van der Waals surface area contributed by atoms with E-state index in [-0.39, 0.29) is 5.91 Å². The Labute approximate surface area is 129 Å². The summed E-state index contributed by atoms with van der Waals surface area (Å²) in [5, 5.41) is -1.01. The van der Waals surface area contributed by atoms with E-state index in [0.717, 1.165) is 11.1 Å². The number of hydrogen-bond donors (Lipinski definition) is 1. The number of methoxy groups -OCH3 is 1. The number of carbonyl (C=O) groups excluding carboxylic acids is 1. The number of nitrogens with zero attached hydrogens (tertiary/aromatic N) is 1. The summed E-state index contributed by atoms with van der Waals surface area (Å²) < 4.78 is 5.65. The molecule has 0 N–H and O–H groups in total. The molecule has 1 unspecified atom stereocenters. The minimum Gasteiger partial charge on any atom is -0.348 e. The number of thiol groups is 1. The van der Waals surface area contributed by atoms with Gasteiger partial charge in [-0.2, -0.15) is 0 Å². The Morgan fingerprint density at radius 2 is 1.38 bits per heavy atom. The maximum absolute atomic E-state index is 12.9. The molecule has 1 aliphatic rings. The van der Waals surface area contributed by atoms with Crippen molar-refractivity contribution in [2.24, 2.45) is 0 Å². The van der Waals surface area contributed by atoms with Crippen molar-refractivity contribution in [1.82, 2.24) is 4.90 Å². The van der Waals surface area contributed by atoms with Gasteiger partial charge in [0.15, 0.2) is 5.41 Å². The van der Waals surface area contributed by atoms with Crippen LogP contribution in [0.4, 0.5) is 0 Å². The Morgan fingerprint density at radius 1 is 0.952 bits per heavy atom. The van der Waals surface area contributed by atoms with Gasteiger partial charge in [-0.15, -0.1) is 12.6 Å². The second-order valence-electron chi connectivity index (χ2n) is 5.16. The summed E-state index contributed by atoms with van der Waals surface area (Å²) in [4.78, 5) is 14.4. The molecule has 1 aliphatic heterocycles. The highest BCUT2D eigenvalue weighted by atomic mass is 32.1. The number of amides is 1. The van der Waals surface area contributed by atoms with Crippen molar-refractivity contribution >= 4 is 18.5 Å². The molecule has 0 aliphatic carbocycles. The minimum atomic E-state index is -1.01. The number of carbonyl (C=O) groups is 1. The predicted octanol–water partition coefficient (Wildman–Crippen LogP) is 2.67. The van der Waals surface area contributed by atoms with Crippen LogP contribution in [0.3, 0.4) is 0 Å². The fraction of sp³-hybridized carbons (Fsp3) is 0.235. The first-order chi connectivity index (χ1) is 10.1. The first kappa shape index (κ1) is 14.2. The maximum Gasteiger partial charge on any atom is 0.246 e. The number of hydrogen-bond acceptors (Lipinski definition) is 3. The topological polar surface area (TPSA) is 29.5 Å². The number of β-lactam (4-membered cyclic amide) rings is 1. The van der Waals surface area contributed by atoms with E-state index in [2.05, 4.69) is 0 Å². The van der Waals surface area contributed by atoms with Gasteiger partial charge in [0, 0.05) is 14.2 Å². The molecule has 0 radical (unpaired) electrons. The monoisotopic (exact) mass is 299 g/mol. The van der Waals surface area contributed by atoms with Crippen LogP contribution in [0.25, 0.3) is 0 Å². The molecule has 4 heteroatoms. The van der Waals surface area contributed by atoms with Crippen molar-refractivity contribution in [3.63, 3.8) is 0 Å². The van der Waals surface area contributed by atoms with Gasteiger partial charge in [0.1, 0.15) is 0 Å². The van der Waals surface area contributed by atoms with E-state index in [9.17, 15) is 4.79 Å². The summed E-state index contributed by atoms with van der Waals surface area (Å²) in [6.45, 7) is 0. The van der Waals surface area contributed by atoms with Crippen LogP contribution in [0.5, 0.6) is 0 Å². The van der Waals surface area contributed by atoms with E-state index in [1.165, 1.54) is 4.90 Å². The van der Waals surface area contributed by atoms with E-state index in [1.54, 1.807) is 14.2 Å². The summed E-state index contributed by atoms with van der Waals surface area (Å²) in [6, 6.07) is 19.4. The highest BCUT2D eigenvalue weighted by Gasteiger charge is 2.71. The standard InChI is InChI=1S/C17H17NO2S/c1-18-15(19)16(17(18,21)20-2,13-9-5-3-6-10-13)14-11-7-4-8-12-14/h3-12,21H,1-2H3. The highest BCUT2D eigenvalue weighted by Crippen LogP contribution is 2.56. The molecule has 1 fully saturated rings. The second-order valence-corrected chi connectivity index (χ2v) is 5.76. The third kappa shape index (κ3) is 1.63.